The summed E-state index contributed by atoms with van der Waals surface area (Å²) in [6.07, 6.45) is -0.395. The first-order chi connectivity index (χ1) is 17.5. The van der Waals surface area contributed by atoms with Crippen LogP contribution in [0, 0.1) is 0 Å². The number of fused-ring (bicyclic) bond motifs is 1. The van der Waals surface area contributed by atoms with Gasteiger partial charge >= 0.3 is 0 Å². The fourth-order valence-electron chi connectivity index (χ4n) is 4.54. The summed E-state index contributed by atoms with van der Waals surface area (Å²) in [6.45, 7) is 0.888. The number of nitrogens with one attached hydrogen (secondary N) is 2. The Labute approximate surface area is 214 Å². The van der Waals surface area contributed by atoms with Crippen LogP contribution in [0.15, 0.2) is 42.5 Å². The molecule has 0 amide bonds. The minimum atomic E-state index is -0.203. The minimum absolute atomic E-state index is 0.119. The zero-order chi connectivity index (χ0) is 25.2. The summed E-state index contributed by atoms with van der Waals surface area (Å²) < 4.78 is 24.8. The van der Waals surface area contributed by atoms with E-state index in [0.717, 1.165) is 16.9 Å². The maximum Gasteiger partial charge on any atom is 0.182 e. The number of hydrogen-bond acceptors (Lipinski definition) is 9. The quantitative estimate of drug-likeness (QED) is 0.456. The van der Waals surface area contributed by atoms with Crippen LogP contribution < -0.4 is 25.0 Å². The summed E-state index contributed by atoms with van der Waals surface area (Å²) in [7, 11) is 7.22. The summed E-state index contributed by atoms with van der Waals surface area (Å²) in [6, 6.07) is 13.3. The maximum atomic E-state index is 6.15. The summed E-state index contributed by atoms with van der Waals surface area (Å²) in [5, 5.41) is 19.4. The number of nitrogens with zero attached hydrogens (tertiary/aromatic N) is 5. The van der Waals surface area contributed by atoms with Crippen LogP contribution in [-0.2, 0) is 9.47 Å². The molecule has 1 aromatic heterocycles. The Morgan fingerprint density at radius 3 is 2.39 bits per heavy atom. The molecule has 2 saturated heterocycles. The van der Waals surface area contributed by atoms with E-state index in [1.807, 2.05) is 55.4 Å². The van der Waals surface area contributed by atoms with Crippen LogP contribution in [0.5, 0.6) is 11.5 Å². The Morgan fingerprint density at radius 2 is 1.72 bits per heavy atom. The third-order valence-corrected chi connectivity index (χ3v) is 6.62. The molecular weight excluding hydrogens is 482 g/mol. The molecule has 5 rings (SSSR count). The van der Waals surface area contributed by atoms with Gasteiger partial charge in [0.25, 0.3) is 0 Å². The first-order valence-electron chi connectivity index (χ1n) is 11.6. The van der Waals surface area contributed by atoms with Crippen LogP contribution in [0.2, 0.25) is 0 Å². The normalized spacial score (nSPS) is 22.7. The van der Waals surface area contributed by atoms with Crippen molar-refractivity contribution in [2.24, 2.45) is 0 Å². The Hall–Kier alpha value is -3.48. The van der Waals surface area contributed by atoms with Crippen molar-refractivity contribution in [1.82, 2.24) is 25.5 Å². The molecule has 2 aliphatic rings. The summed E-state index contributed by atoms with van der Waals surface area (Å²) in [5.41, 5.74) is 2.79. The van der Waals surface area contributed by atoms with Gasteiger partial charge in [-0.2, -0.15) is 0 Å². The van der Waals surface area contributed by atoms with Crippen molar-refractivity contribution in [3.8, 4) is 22.9 Å². The van der Waals surface area contributed by atoms with Crippen molar-refractivity contribution in [2.45, 2.75) is 24.3 Å². The van der Waals surface area contributed by atoms with Gasteiger partial charge in [-0.25, -0.2) is 4.68 Å². The lowest BCUT2D eigenvalue weighted by Crippen LogP contribution is -2.45. The smallest absolute Gasteiger partial charge is 0.182 e. The van der Waals surface area contributed by atoms with Gasteiger partial charge in [0.1, 0.15) is 29.7 Å². The first-order valence-corrected chi connectivity index (χ1v) is 12.0. The van der Waals surface area contributed by atoms with Gasteiger partial charge in [-0.05, 0) is 46.9 Å². The molecule has 4 atom stereocenters. The van der Waals surface area contributed by atoms with Crippen LogP contribution in [0.25, 0.3) is 11.4 Å². The third kappa shape index (κ3) is 4.79. The van der Waals surface area contributed by atoms with E-state index in [2.05, 4.69) is 26.2 Å². The van der Waals surface area contributed by atoms with Crippen LogP contribution in [0.4, 0.5) is 11.4 Å². The second-order valence-corrected chi connectivity index (χ2v) is 9.27. The summed E-state index contributed by atoms with van der Waals surface area (Å²) in [4.78, 5) is 2.05. The van der Waals surface area contributed by atoms with Gasteiger partial charge in [0.2, 0.25) is 0 Å². The Morgan fingerprint density at radius 1 is 1.03 bits per heavy atom. The number of tetrazole rings is 1. The highest BCUT2D eigenvalue weighted by Gasteiger charge is 2.49. The SMILES string of the molecule is COc1cc(NC(=S)NC2COC3C2OCC3n2nnnc2-c2ccc(N(C)C)cc2)cc(OC)c1. The van der Waals surface area contributed by atoms with Gasteiger partial charge in [0.15, 0.2) is 10.9 Å². The van der Waals surface area contributed by atoms with Crippen molar-refractivity contribution in [3.63, 3.8) is 0 Å². The van der Waals surface area contributed by atoms with E-state index in [4.69, 9.17) is 31.2 Å². The van der Waals surface area contributed by atoms with Gasteiger partial charge in [-0.3, -0.25) is 0 Å². The first kappa shape index (κ1) is 24.2. The number of thiocarbonyl (C=S) groups is 1. The number of benzene rings is 2. The van der Waals surface area contributed by atoms with E-state index in [1.165, 1.54) is 0 Å². The van der Waals surface area contributed by atoms with Gasteiger partial charge < -0.3 is 34.5 Å². The number of rotatable bonds is 7. The molecule has 0 saturated carbocycles. The average Bonchev–Trinajstić information content (AvgIpc) is 3.61. The van der Waals surface area contributed by atoms with Crippen LogP contribution in [0.3, 0.4) is 0 Å². The molecule has 36 heavy (non-hydrogen) atoms. The number of hydrogen-bond donors (Lipinski definition) is 2. The van der Waals surface area contributed by atoms with E-state index in [-0.39, 0.29) is 24.3 Å². The van der Waals surface area contributed by atoms with Crippen molar-refractivity contribution >= 4 is 28.7 Å². The van der Waals surface area contributed by atoms with E-state index in [0.29, 0.717) is 35.6 Å². The predicted molar refractivity (Wildman–Crippen MR) is 139 cm³/mol. The largest absolute Gasteiger partial charge is 0.497 e. The van der Waals surface area contributed by atoms with Crippen molar-refractivity contribution < 1.29 is 18.9 Å². The highest BCUT2D eigenvalue weighted by molar-refractivity contribution is 7.80. The fraction of sp³-hybridized carbons (Fsp3) is 0.417. The summed E-state index contributed by atoms with van der Waals surface area (Å²) in [5.74, 6) is 2.01. The summed E-state index contributed by atoms with van der Waals surface area (Å²) >= 11 is 5.56. The van der Waals surface area contributed by atoms with Crippen molar-refractivity contribution in [3.05, 3.63) is 42.5 Å². The second-order valence-electron chi connectivity index (χ2n) is 8.86. The van der Waals surface area contributed by atoms with E-state index >= 15 is 0 Å². The number of aromatic nitrogens is 4. The maximum absolute atomic E-state index is 6.15. The lowest BCUT2D eigenvalue weighted by molar-refractivity contribution is 0.0626. The standard InChI is InChI=1S/C24H29N7O4S/c1-30(2)16-7-5-14(6-8-16)23-27-28-29-31(23)20-13-35-21-19(12-34-22(20)21)26-24(36)25-15-9-17(32-3)11-18(10-15)33-4/h5-11,19-22H,12-13H2,1-4H3,(H2,25,26,36). The predicted octanol–water partition coefficient (Wildman–Crippen LogP) is 2.12. The highest BCUT2D eigenvalue weighted by Crippen LogP contribution is 2.36. The average molecular weight is 512 g/mol. The Bertz CT molecular complexity index is 1200. The van der Waals surface area contributed by atoms with E-state index < -0.39 is 0 Å². The van der Waals surface area contributed by atoms with E-state index in [1.54, 1.807) is 25.0 Å². The highest BCUT2D eigenvalue weighted by atomic mass is 32.1. The molecule has 0 radical (unpaired) electrons. The van der Waals surface area contributed by atoms with Gasteiger partial charge in [0, 0.05) is 49.2 Å². The Balaban J connectivity index is 1.25. The van der Waals surface area contributed by atoms with Gasteiger partial charge in [-0.15, -0.1) is 5.10 Å². The van der Waals surface area contributed by atoms with E-state index in [9.17, 15) is 0 Å². The van der Waals surface area contributed by atoms with Gasteiger partial charge in [-0.1, -0.05) is 0 Å². The lowest BCUT2D eigenvalue weighted by Gasteiger charge is -2.20. The second kappa shape index (κ2) is 10.2. The molecule has 0 spiro atoms. The molecule has 0 bridgehead atoms. The molecular formula is C24H29N7O4S. The molecule has 190 valence electrons. The topological polar surface area (TPSA) is 108 Å². The van der Waals surface area contributed by atoms with Gasteiger partial charge in [0.05, 0.1) is 33.5 Å². The van der Waals surface area contributed by atoms with Crippen molar-refractivity contribution in [2.75, 3.05) is 51.7 Å². The zero-order valence-electron chi connectivity index (χ0n) is 20.5. The molecule has 4 unspecified atom stereocenters. The molecule has 0 aliphatic carbocycles. The molecule has 12 heteroatoms. The number of ether oxygens (including phenoxy) is 4. The Kier molecular flexibility index (Phi) is 6.90. The van der Waals surface area contributed by atoms with Crippen LogP contribution >= 0.6 is 12.2 Å². The molecule has 2 fully saturated rings. The molecule has 3 aromatic rings. The van der Waals surface area contributed by atoms with Crippen LogP contribution in [-0.4, -0.2) is 85.1 Å². The molecule has 2 aromatic carbocycles. The lowest BCUT2D eigenvalue weighted by atomic mass is 10.1. The fourth-order valence-corrected chi connectivity index (χ4v) is 4.81. The molecule has 2 aliphatic heterocycles. The monoisotopic (exact) mass is 511 g/mol. The zero-order valence-corrected chi connectivity index (χ0v) is 21.4. The third-order valence-electron chi connectivity index (χ3n) is 6.40. The molecule has 11 nitrogen and oxygen atoms in total. The minimum Gasteiger partial charge on any atom is -0.497 e. The number of anilines is 2. The molecule has 3 heterocycles. The van der Waals surface area contributed by atoms with Crippen molar-refractivity contribution in [1.29, 1.82) is 0 Å². The number of methoxy groups -OCH3 is 2. The van der Waals surface area contributed by atoms with Crippen LogP contribution in [0.1, 0.15) is 6.04 Å². The molecule has 2 N–H and O–H groups in total.